The summed E-state index contributed by atoms with van der Waals surface area (Å²) in [4.78, 5) is 25.5. The van der Waals surface area contributed by atoms with Crippen LogP contribution in [-0.2, 0) is 6.42 Å². The molecule has 1 aliphatic rings. The molecule has 1 saturated heterocycles. The van der Waals surface area contributed by atoms with Crippen molar-refractivity contribution in [2.45, 2.75) is 32.2 Å². The van der Waals surface area contributed by atoms with E-state index in [-0.39, 0.29) is 0 Å². The zero-order chi connectivity index (χ0) is 17.4. The van der Waals surface area contributed by atoms with Gasteiger partial charge in [0.1, 0.15) is 0 Å². The van der Waals surface area contributed by atoms with Crippen LogP contribution in [0, 0.1) is 5.92 Å². The largest absolute Gasteiger partial charge is 0.354 e. The molecule has 25 heavy (non-hydrogen) atoms. The van der Waals surface area contributed by atoms with Gasteiger partial charge in [-0.1, -0.05) is 11.2 Å². The lowest BCUT2D eigenvalue weighted by Crippen LogP contribution is -2.36. The topological polar surface area (TPSA) is 92.9 Å². The molecule has 0 amide bonds. The maximum atomic E-state index is 12.0. The van der Waals surface area contributed by atoms with E-state index in [0.717, 1.165) is 31.2 Å². The Morgan fingerprint density at radius 1 is 1.32 bits per heavy atom. The van der Waals surface area contributed by atoms with E-state index in [9.17, 15) is 9.59 Å². The molecule has 2 atom stereocenters. The van der Waals surface area contributed by atoms with Gasteiger partial charge in [-0.25, -0.2) is 9.36 Å². The lowest BCUT2D eigenvalue weighted by atomic mass is 9.87. The zero-order valence-electron chi connectivity index (χ0n) is 14.0. The summed E-state index contributed by atoms with van der Waals surface area (Å²) >= 11 is 0. The van der Waals surface area contributed by atoms with E-state index in [1.54, 1.807) is 0 Å². The van der Waals surface area contributed by atoms with Gasteiger partial charge in [-0.3, -0.25) is 9.78 Å². The molecule has 1 aromatic carbocycles. The molecule has 7 heteroatoms. The van der Waals surface area contributed by atoms with Gasteiger partial charge in [0.25, 0.3) is 5.56 Å². The number of benzene rings is 1. The van der Waals surface area contributed by atoms with Gasteiger partial charge in [0.2, 0.25) is 0 Å². The third kappa shape index (κ3) is 3.15. The molecule has 0 unspecified atom stereocenters. The van der Waals surface area contributed by atoms with Gasteiger partial charge >= 0.3 is 5.69 Å². The molecule has 4 rings (SSSR count). The third-order valence-electron chi connectivity index (χ3n) is 4.82. The number of piperidine rings is 1. The zero-order valence-corrected chi connectivity index (χ0v) is 14.0. The molecule has 2 aromatic heterocycles. The average molecular weight is 340 g/mol. The summed E-state index contributed by atoms with van der Waals surface area (Å²) in [5, 5.41) is 8.26. The Hall–Kier alpha value is -2.67. The minimum absolute atomic E-state index is 0.400. The highest BCUT2D eigenvalue weighted by Gasteiger charge is 2.19. The average Bonchev–Trinajstić information content (AvgIpc) is 2.98. The molecule has 3 aromatic rings. The fourth-order valence-electron chi connectivity index (χ4n) is 3.61. The Bertz CT molecular complexity index is 1020. The Morgan fingerprint density at radius 2 is 2.20 bits per heavy atom. The van der Waals surface area contributed by atoms with Crippen molar-refractivity contribution in [2.24, 2.45) is 5.92 Å². The maximum absolute atomic E-state index is 12.0. The molecule has 3 heterocycles. The van der Waals surface area contributed by atoms with Crippen LogP contribution in [0.2, 0.25) is 0 Å². The van der Waals surface area contributed by atoms with E-state index in [2.05, 4.69) is 28.4 Å². The standard InChI is InChI=1S/C18H20N4O3/c1-11-8-13(4-6-19-11)9-12-2-3-15-14(10-12)17(21-25-15)22-7-5-16(23)20-18(22)24/h2-3,5,7,10-11,13,19H,4,6,8-9H2,1H3,(H,20,23,24)/t11-,13+/m0/s1. The van der Waals surface area contributed by atoms with Crippen molar-refractivity contribution in [2.75, 3.05) is 6.54 Å². The number of aromatic amines is 1. The summed E-state index contributed by atoms with van der Waals surface area (Å²) in [7, 11) is 0. The van der Waals surface area contributed by atoms with Gasteiger partial charge in [-0.15, -0.1) is 0 Å². The first-order valence-corrected chi connectivity index (χ1v) is 8.54. The molecule has 0 bridgehead atoms. The number of nitrogens with one attached hydrogen (secondary N) is 2. The van der Waals surface area contributed by atoms with Gasteiger partial charge < -0.3 is 9.84 Å². The minimum atomic E-state index is -0.528. The van der Waals surface area contributed by atoms with Crippen molar-refractivity contribution in [1.29, 1.82) is 0 Å². The van der Waals surface area contributed by atoms with Crippen LogP contribution < -0.4 is 16.6 Å². The minimum Gasteiger partial charge on any atom is -0.354 e. The Morgan fingerprint density at radius 3 is 3.00 bits per heavy atom. The maximum Gasteiger partial charge on any atom is 0.334 e. The van der Waals surface area contributed by atoms with Crippen molar-refractivity contribution in [1.82, 2.24) is 20.0 Å². The summed E-state index contributed by atoms with van der Waals surface area (Å²) in [6.07, 6.45) is 4.74. The van der Waals surface area contributed by atoms with Crippen LogP contribution in [0.5, 0.6) is 0 Å². The number of H-pyrrole nitrogens is 1. The first kappa shape index (κ1) is 15.8. The predicted molar refractivity (Wildman–Crippen MR) is 94.1 cm³/mol. The van der Waals surface area contributed by atoms with Crippen molar-refractivity contribution < 1.29 is 4.52 Å². The number of hydrogen-bond acceptors (Lipinski definition) is 5. The number of fused-ring (bicyclic) bond motifs is 1. The molecule has 0 radical (unpaired) electrons. The van der Waals surface area contributed by atoms with Crippen molar-refractivity contribution in [3.8, 4) is 5.82 Å². The van der Waals surface area contributed by atoms with E-state index < -0.39 is 11.2 Å². The van der Waals surface area contributed by atoms with E-state index in [1.807, 2.05) is 12.1 Å². The number of aromatic nitrogens is 3. The summed E-state index contributed by atoms with van der Waals surface area (Å²) in [6, 6.07) is 7.82. The Kier molecular flexibility index (Phi) is 4.01. The molecule has 1 fully saturated rings. The molecule has 1 aliphatic heterocycles. The van der Waals surface area contributed by atoms with Gasteiger partial charge in [0.05, 0.1) is 5.39 Å². The fourth-order valence-corrected chi connectivity index (χ4v) is 3.61. The Balaban J connectivity index is 1.70. The normalized spacial score (nSPS) is 20.8. The van der Waals surface area contributed by atoms with E-state index in [0.29, 0.717) is 23.4 Å². The summed E-state index contributed by atoms with van der Waals surface area (Å²) in [6.45, 7) is 3.27. The van der Waals surface area contributed by atoms with Crippen LogP contribution in [0.25, 0.3) is 16.8 Å². The summed E-state index contributed by atoms with van der Waals surface area (Å²) in [5.41, 5.74) is 0.860. The smallest absolute Gasteiger partial charge is 0.334 e. The lowest BCUT2D eigenvalue weighted by molar-refractivity contribution is 0.314. The first-order valence-electron chi connectivity index (χ1n) is 8.54. The second kappa shape index (κ2) is 6.33. The van der Waals surface area contributed by atoms with Gasteiger partial charge in [-0.2, -0.15) is 0 Å². The number of rotatable bonds is 3. The number of hydrogen-bond donors (Lipinski definition) is 2. The summed E-state index contributed by atoms with van der Waals surface area (Å²) < 4.78 is 6.63. The van der Waals surface area contributed by atoms with E-state index >= 15 is 0 Å². The molecular formula is C18H20N4O3. The number of nitrogens with zero attached hydrogens (tertiary/aromatic N) is 2. The van der Waals surface area contributed by atoms with Crippen LogP contribution in [0.4, 0.5) is 0 Å². The second-order valence-corrected chi connectivity index (χ2v) is 6.77. The van der Waals surface area contributed by atoms with Crippen LogP contribution in [0.1, 0.15) is 25.3 Å². The van der Waals surface area contributed by atoms with E-state index in [1.165, 1.54) is 22.4 Å². The van der Waals surface area contributed by atoms with Crippen LogP contribution in [0.15, 0.2) is 44.6 Å². The van der Waals surface area contributed by atoms with Gasteiger partial charge in [0.15, 0.2) is 11.4 Å². The Labute approximate surface area is 143 Å². The van der Waals surface area contributed by atoms with Gasteiger partial charge in [0, 0.05) is 18.3 Å². The van der Waals surface area contributed by atoms with E-state index in [4.69, 9.17) is 4.52 Å². The first-order chi connectivity index (χ1) is 12.1. The van der Waals surface area contributed by atoms with Gasteiger partial charge in [-0.05, 0) is 56.3 Å². The lowest BCUT2D eigenvalue weighted by Gasteiger charge is -2.28. The quantitative estimate of drug-likeness (QED) is 0.755. The summed E-state index contributed by atoms with van der Waals surface area (Å²) in [5.74, 6) is 1.05. The molecule has 0 aliphatic carbocycles. The van der Waals surface area contributed by atoms with Crippen LogP contribution in [-0.4, -0.2) is 27.3 Å². The molecular weight excluding hydrogens is 320 g/mol. The highest BCUT2D eigenvalue weighted by Crippen LogP contribution is 2.26. The van der Waals surface area contributed by atoms with Crippen molar-refractivity contribution in [3.63, 3.8) is 0 Å². The molecule has 0 saturated carbocycles. The van der Waals surface area contributed by atoms with Crippen molar-refractivity contribution in [3.05, 3.63) is 56.9 Å². The predicted octanol–water partition coefficient (Wildman–Crippen LogP) is 1.60. The second-order valence-electron chi connectivity index (χ2n) is 6.77. The molecule has 130 valence electrons. The SMILES string of the molecule is C[C@H]1C[C@H](Cc2ccc3onc(-n4ccc(=O)[nH]c4=O)c3c2)CCN1. The highest BCUT2D eigenvalue weighted by molar-refractivity contribution is 5.84. The van der Waals surface area contributed by atoms with Crippen LogP contribution >= 0.6 is 0 Å². The monoisotopic (exact) mass is 340 g/mol. The molecule has 0 spiro atoms. The fraction of sp³-hybridized carbons (Fsp3) is 0.389. The van der Waals surface area contributed by atoms with Crippen molar-refractivity contribution >= 4 is 11.0 Å². The van der Waals surface area contributed by atoms with Crippen LogP contribution in [0.3, 0.4) is 0 Å². The third-order valence-corrected chi connectivity index (χ3v) is 4.82. The molecule has 7 nitrogen and oxygen atoms in total. The molecule has 2 N–H and O–H groups in total. The highest BCUT2D eigenvalue weighted by atomic mass is 16.5.